The number of carbonyl (C=O) groups is 1. The molecule has 0 saturated heterocycles. The molecule has 1 atom stereocenters. The molecule has 4 heteroatoms. The molecule has 1 aliphatic rings. The number of fused-ring (bicyclic) bond motifs is 1. The summed E-state index contributed by atoms with van der Waals surface area (Å²) >= 11 is 0. The van der Waals surface area contributed by atoms with E-state index in [1.165, 1.54) is 12.7 Å². The number of hydrogen-bond acceptors (Lipinski definition) is 4. The van der Waals surface area contributed by atoms with Gasteiger partial charge in [0, 0.05) is 12.1 Å². The minimum atomic E-state index is -0.280. The molecular formula is C18H18O4. The Morgan fingerprint density at radius 3 is 2.45 bits per heavy atom. The summed E-state index contributed by atoms with van der Waals surface area (Å²) in [5.74, 6) is 1.62. The Morgan fingerprint density at radius 2 is 1.82 bits per heavy atom. The van der Waals surface area contributed by atoms with Crippen LogP contribution in [0.1, 0.15) is 34.0 Å². The van der Waals surface area contributed by atoms with Crippen LogP contribution < -0.4 is 14.2 Å². The number of benzene rings is 2. The largest absolute Gasteiger partial charge is 0.496 e. The second kappa shape index (κ2) is 5.72. The van der Waals surface area contributed by atoms with Gasteiger partial charge in [0.25, 0.3) is 0 Å². The van der Waals surface area contributed by atoms with Crippen LogP contribution in [0.15, 0.2) is 36.4 Å². The van der Waals surface area contributed by atoms with E-state index in [1.54, 1.807) is 19.2 Å². The summed E-state index contributed by atoms with van der Waals surface area (Å²) in [5.41, 5.74) is 2.66. The van der Waals surface area contributed by atoms with E-state index in [9.17, 15) is 4.79 Å². The van der Waals surface area contributed by atoms with Crippen molar-refractivity contribution in [1.29, 1.82) is 0 Å². The van der Waals surface area contributed by atoms with Gasteiger partial charge in [0.1, 0.15) is 28.9 Å². The molecule has 22 heavy (non-hydrogen) atoms. The fourth-order valence-electron chi connectivity index (χ4n) is 2.64. The molecule has 1 aliphatic heterocycles. The molecule has 0 aromatic heterocycles. The van der Waals surface area contributed by atoms with Crippen LogP contribution >= 0.6 is 0 Å². The first-order chi connectivity index (χ1) is 10.6. The Bertz CT molecular complexity index is 704. The standard InChI is InChI=1S/C18H18O4/c1-11-4-6-12(7-5-11)15-10-14(19)18-16(21-3)8-13(20-2)9-17(18)22-15/h4-9,15H,10H2,1-3H3. The number of rotatable bonds is 3. The summed E-state index contributed by atoms with van der Waals surface area (Å²) in [6, 6.07) is 11.5. The molecule has 0 radical (unpaired) electrons. The van der Waals surface area contributed by atoms with Crippen LogP contribution in [0.2, 0.25) is 0 Å². The number of ketones is 1. The highest BCUT2D eigenvalue weighted by Gasteiger charge is 2.31. The van der Waals surface area contributed by atoms with Crippen LogP contribution in [0.5, 0.6) is 17.2 Å². The first-order valence-corrected chi connectivity index (χ1v) is 7.15. The molecule has 2 aromatic rings. The van der Waals surface area contributed by atoms with Crippen LogP contribution in [0.3, 0.4) is 0 Å². The van der Waals surface area contributed by atoms with E-state index < -0.39 is 0 Å². The van der Waals surface area contributed by atoms with E-state index in [0.717, 1.165) is 5.56 Å². The van der Waals surface area contributed by atoms with Gasteiger partial charge in [0.05, 0.1) is 20.6 Å². The average Bonchev–Trinajstić information content (AvgIpc) is 2.54. The number of methoxy groups -OCH3 is 2. The van der Waals surface area contributed by atoms with Gasteiger partial charge in [0.15, 0.2) is 5.78 Å². The monoisotopic (exact) mass is 298 g/mol. The molecule has 0 spiro atoms. The zero-order valence-electron chi connectivity index (χ0n) is 12.9. The third-order valence-electron chi connectivity index (χ3n) is 3.86. The van der Waals surface area contributed by atoms with Crippen molar-refractivity contribution in [3.63, 3.8) is 0 Å². The molecule has 0 saturated carbocycles. The van der Waals surface area contributed by atoms with Crippen LogP contribution in [0, 0.1) is 6.92 Å². The molecule has 0 amide bonds. The number of carbonyl (C=O) groups excluding carboxylic acids is 1. The Balaban J connectivity index is 2.01. The van der Waals surface area contributed by atoms with Crippen LogP contribution in [0.4, 0.5) is 0 Å². The van der Waals surface area contributed by atoms with E-state index in [-0.39, 0.29) is 11.9 Å². The summed E-state index contributed by atoms with van der Waals surface area (Å²) in [6.45, 7) is 2.03. The summed E-state index contributed by atoms with van der Waals surface area (Å²) in [7, 11) is 3.11. The molecule has 114 valence electrons. The lowest BCUT2D eigenvalue weighted by Crippen LogP contribution is -2.21. The van der Waals surface area contributed by atoms with Gasteiger partial charge >= 0.3 is 0 Å². The van der Waals surface area contributed by atoms with E-state index in [1.807, 2.05) is 31.2 Å². The van der Waals surface area contributed by atoms with E-state index in [2.05, 4.69) is 0 Å². The zero-order chi connectivity index (χ0) is 15.7. The van der Waals surface area contributed by atoms with Gasteiger partial charge in [-0.1, -0.05) is 29.8 Å². The molecule has 2 aromatic carbocycles. The maximum absolute atomic E-state index is 12.5. The molecule has 0 aliphatic carbocycles. The molecule has 1 heterocycles. The summed E-state index contributed by atoms with van der Waals surface area (Å²) in [4.78, 5) is 12.5. The average molecular weight is 298 g/mol. The van der Waals surface area contributed by atoms with Crippen molar-refractivity contribution in [3.05, 3.63) is 53.1 Å². The third-order valence-corrected chi connectivity index (χ3v) is 3.86. The van der Waals surface area contributed by atoms with Crippen molar-refractivity contribution < 1.29 is 19.0 Å². The topological polar surface area (TPSA) is 44.8 Å². The van der Waals surface area contributed by atoms with Crippen molar-refractivity contribution in [2.75, 3.05) is 14.2 Å². The fraction of sp³-hybridized carbons (Fsp3) is 0.278. The van der Waals surface area contributed by atoms with Crippen molar-refractivity contribution >= 4 is 5.78 Å². The van der Waals surface area contributed by atoms with E-state index in [0.29, 0.717) is 29.2 Å². The van der Waals surface area contributed by atoms with Crippen LogP contribution in [0.25, 0.3) is 0 Å². The Labute approximate surface area is 129 Å². The van der Waals surface area contributed by atoms with E-state index in [4.69, 9.17) is 14.2 Å². The fourth-order valence-corrected chi connectivity index (χ4v) is 2.64. The van der Waals surface area contributed by atoms with Gasteiger partial charge in [0.2, 0.25) is 0 Å². The maximum atomic E-state index is 12.5. The summed E-state index contributed by atoms with van der Waals surface area (Å²) in [5, 5.41) is 0. The smallest absolute Gasteiger partial charge is 0.174 e. The Hall–Kier alpha value is -2.49. The Kier molecular flexibility index (Phi) is 3.75. The van der Waals surface area contributed by atoms with Crippen molar-refractivity contribution in [2.45, 2.75) is 19.4 Å². The molecular weight excluding hydrogens is 280 g/mol. The second-order valence-corrected chi connectivity index (χ2v) is 5.35. The predicted molar refractivity (Wildman–Crippen MR) is 83.0 cm³/mol. The molecule has 3 rings (SSSR count). The lowest BCUT2D eigenvalue weighted by Gasteiger charge is -2.27. The van der Waals surface area contributed by atoms with E-state index >= 15 is 0 Å². The molecule has 1 unspecified atom stereocenters. The van der Waals surface area contributed by atoms with Gasteiger partial charge in [-0.2, -0.15) is 0 Å². The number of ether oxygens (including phenoxy) is 3. The number of aryl methyl sites for hydroxylation is 1. The molecule has 4 nitrogen and oxygen atoms in total. The third kappa shape index (κ3) is 2.52. The van der Waals surface area contributed by atoms with Crippen molar-refractivity contribution in [1.82, 2.24) is 0 Å². The van der Waals surface area contributed by atoms with Gasteiger partial charge in [-0.15, -0.1) is 0 Å². The predicted octanol–water partition coefficient (Wildman–Crippen LogP) is 3.72. The summed E-state index contributed by atoms with van der Waals surface area (Å²) < 4.78 is 16.6. The van der Waals surface area contributed by atoms with Gasteiger partial charge in [-0.25, -0.2) is 0 Å². The minimum Gasteiger partial charge on any atom is -0.496 e. The van der Waals surface area contributed by atoms with Crippen LogP contribution in [-0.4, -0.2) is 20.0 Å². The quantitative estimate of drug-likeness (QED) is 0.866. The second-order valence-electron chi connectivity index (χ2n) is 5.35. The van der Waals surface area contributed by atoms with Crippen LogP contribution in [-0.2, 0) is 0 Å². The minimum absolute atomic E-state index is 0.0197. The lowest BCUT2D eigenvalue weighted by atomic mass is 9.95. The van der Waals surface area contributed by atoms with Crippen molar-refractivity contribution in [3.8, 4) is 17.2 Å². The van der Waals surface area contributed by atoms with Crippen molar-refractivity contribution in [2.24, 2.45) is 0 Å². The highest BCUT2D eigenvalue weighted by atomic mass is 16.5. The summed E-state index contributed by atoms with van der Waals surface area (Å²) in [6.07, 6.45) is 0.0241. The zero-order valence-corrected chi connectivity index (χ0v) is 12.9. The maximum Gasteiger partial charge on any atom is 0.174 e. The first kappa shape index (κ1) is 14.4. The molecule has 0 N–H and O–H groups in total. The van der Waals surface area contributed by atoms with Gasteiger partial charge in [-0.3, -0.25) is 4.79 Å². The first-order valence-electron chi connectivity index (χ1n) is 7.15. The van der Waals surface area contributed by atoms with Gasteiger partial charge < -0.3 is 14.2 Å². The Morgan fingerprint density at radius 1 is 1.09 bits per heavy atom. The van der Waals surface area contributed by atoms with Gasteiger partial charge in [-0.05, 0) is 12.5 Å². The highest BCUT2D eigenvalue weighted by molar-refractivity contribution is 6.02. The molecule has 0 bridgehead atoms. The number of Topliss-reactive ketones (excluding diaryl/α,β-unsaturated/α-hetero) is 1. The number of hydrogen-bond donors (Lipinski definition) is 0. The highest BCUT2D eigenvalue weighted by Crippen LogP contribution is 2.42. The SMILES string of the molecule is COc1cc(OC)c2c(c1)OC(c1ccc(C)cc1)CC2=O. The lowest BCUT2D eigenvalue weighted by molar-refractivity contribution is 0.0844. The molecule has 0 fully saturated rings. The normalized spacial score (nSPS) is 16.7.